The second-order valence-electron chi connectivity index (χ2n) is 5.34. The number of nitrogens with zero attached hydrogens (tertiary/aromatic N) is 1. The maximum atomic E-state index is 5.78. The molecular weight excluding hydrogens is 208 g/mol. The molecule has 0 aliphatic carbocycles. The zero-order valence-electron chi connectivity index (χ0n) is 10.8. The Hall–Kier alpha value is -0.860. The first-order valence-electron chi connectivity index (χ1n) is 6.76. The van der Waals surface area contributed by atoms with Gasteiger partial charge in [0.15, 0.2) is 0 Å². The molecule has 1 saturated heterocycles. The van der Waals surface area contributed by atoms with E-state index in [0.29, 0.717) is 5.92 Å². The van der Waals surface area contributed by atoms with Gasteiger partial charge in [-0.1, -0.05) is 37.3 Å². The highest BCUT2D eigenvalue weighted by Crippen LogP contribution is 2.24. The van der Waals surface area contributed by atoms with Gasteiger partial charge in [0.05, 0.1) is 0 Å². The van der Waals surface area contributed by atoms with Crippen LogP contribution < -0.4 is 5.73 Å². The normalized spacial score (nSPS) is 23.5. The third kappa shape index (κ3) is 3.55. The first-order chi connectivity index (χ1) is 8.29. The van der Waals surface area contributed by atoms with E-state index < -0.39 is 0 Å². The van der Waals surface area contributed by atoms with E-state index in [0.717, 1.165) is 19.0 Å². The van der Waals surface area contributed by atoms with E-state index >= 15 is 0 Å². The summed E-state index contributed by atoms with van der Waals surface area (Å²) in [6, 6.07) is 10.8. The number of rotatable bonds is 4. The van der Waals surface area contributed by atoms with Gasteiger partial charge < -0.3 is 5.73 Å². The summed E-state index contributed by atoms with van der Waals surface area (Å²) < 4.78 is 0. The van der Waals surface area contributed by atoms with E-state index in [-0.39, 0.29) is 0 Å². The summed E-state index contributed by atoms with van der Waals surface area (Å²) >= 11 is 0. The third-order valence-electron chi connectivity index (χ3n) is 3.97. The molecule has 94 valence electrons. The first-order valence-corrected chi connectivity index (χ1v) is 6.76. The summed E-state index contributed by atoms with van der Waals surface area (Å²) in [6.07, 6.45) is 2.67. The molecule has 2 N–H and O–H groups in total. The molecular formula is C15H24N2. The Morgan fingerprint density at radius 1 is 1.35 bits per heavy atom. The Kier molecular flexibility index (Phi) is 4.57. The van der Waals surface area contributed by atoms with Gasteiger partial charge in [-0.2, -0.15) is 0 Å². The van der Waals surface area contributed by atoms with E-state index in [2.05, 4.69) is 42.2 Å². The minimum Gasteiger partial charge on any atom is -0.330 e. The van der Waals surface area contributed by atoms with Crippen molar-refractivity contribution < 1.29 is 0 Å². The zero-order valence-corrected chi connectivity index (χ0v) is 10.8. The highest BCUT2D eigenvalue weighted by atomic mass is 15.1. The molecule has 1 aliphatic rings. The second-order valence-corrected chi connectivity index (χ2v) is 5.34. The van der Waals surface area contributed by atoms with Crippen LogP contribution in [0, 0.1) is 11.8 Å². The molecule has 1 aromatic carbocycles. The fourth-order valence-corrected chi connectivity index (χ4v) is 2.73. The van der Waals surface area contributed by atoms with Crippen molar-refractivity contribution in [3.05, 3.63) is 35.9 Å². The second kappa shape index (κ2) is 6.18. The van der Waals surface area contributed by atoms with Crippen molar-refractivity contribution in [1.29, 1.82) is 0 Å². The molecule has 1 fully saturated rings. The average Bonchev–Trinajstić information content (AvgIpc) is 2.39. The SMILES string of the molecule is CC(CN)C1CCCN(Cc2ccccc2)C1. The van der Waals surface area contributed by atoms with Crippen LogP contribution in [0.3, 0.4) is 0 Å². The van der Waals surface area contributed by atoms with Crippen molar-refractivity contribution in [3.8, 4) is 0 Å². The Morgan fingerprint density at radius 2 is 2.12 bits per heavy atom. The van der Waals surface area contributed by atoms with Gasteiger partial charge in [0.1, 0.15) is 0 Å². The third-order valence-corrected chi connectivity index (χ3v) is 3.97. The van der Waals surface area contributed by atoms with Gasteiger partial charge in [-0.3, -0.25) is 4.90 Å². The molecule has 2 heteroatoms. The van der Waals surface area contributed by atoms with Crippen molar-refractivity contribution in [2.24, 2.45) is 17.6 Å². The number of hydrogen-bond acceptors (Lipinski definition) is 2. The van der Waals surface area contributed by atoms with Gasteiger partial charge in [-0.25, -0.2) is 0 Å². The Morgan fingerprint density at radius 3 is 2.82 bits per heavy atom. The summed E-state index contributed by atoms with van der Waals surface area (Å²) in [5.74, 6) is 1.45. The molecule has 2 atom stereocenters. The van der Waals surface area contributed by atoms with E-state index in [1.54, 1.807) is 0 Å². The Bertz CT molecular complexity index is 323. The fraction of sp³-hybridized carbons (Fsp3) is 0.600. The molecule has 0 radical (unpaired) electrons. The van der Waals surface area contributed by atoms with Gasteiger partial charge in [0.25, 0.3) is 0 Å². The molecule has 1 heterocycles. The van der Waals surface area contributed by atoms with Crippen molar-refractivity contribution in [1.82, 2.24) is 4.90 Å². The number of likely N-dealkylation sites (tertiary alicyclic amines) is 1. The minimum absolute atomic E-state index is 0.661. The predicted octanol–water partition coefficient (Wildman–Crippen LogP) is 2.49. The molecule has 1 aromatic rings. The van der Waals surface area contributed by atoms with E-state index in [9.17, 15) is 0 Å². The van der Waals surface area contributed by atoms with Crippen molar-refractivity contribution in [2.45, 2.75) is 26.3 Å². The quantitative estimate of drug-likeness (QED) is 0.864. The maximum absolute atomic E-state index is 5.78. The van der Waals surface area contributed by atoms with Crippen molar-refractivity contribution in [3.63, 3.8) is 0 Å². The zero-order chi connectivity index (χ0) is 12.1. The molecule has 2 unspecified atom stereocenters. The van der Waals surface area contributed by atoms with Crippen LogP contribution in [0.25, 0.3) is 0 Å². The van der Waals surface area contributed by atoms with E-state index in [4.69, 9.17) is 5.73 Å². The lowest BCUT2D eigenvalue weighted by molar-refractivity contribution is 0.136. The topological polar surface area (TPSA) is 29.3 Å². The van der Waals surface area contributed by atoms with Gasteiger partial charge in [-0.15, -0.1) is 0 Å². The molecule has 17 heavy (non-hydrogen) atoms. The van der Waals surface area contributed by atoms with Gasteiger partial charge >= 0.3 is 0 Å². The summed E-state index contributed by atoms with van der Waals surface area (Å²) in [6.45, 7) is 6.66. The maximum Gasteiger partial charge on any atom is 0.0233 e. The highest BCUT2D eigenvalue weighted by Gasteiger charge is 2.23. The molecule has 0 spiro atoms. The lowest BCUT2D eigenvalue weighted by Crippen LogP contribution is -2.39. The molecule has 0 aromatic heterocycles. The number of hydrogen-bond donors (Lipinski definition) is 1. The predicted molar refractivity (Wildman–Crippen MR) is 72.7 cm³/mol. The Balaban J connectivity index is 1.89. The fourth-order valence-electron chi connectivity index (χ4n) is 2.73. The van der Waals surface area contributed by atoms with E-state index in [1.165, 1.54) is 31.5 Å². The minimum atomic E-state index is 0.661. The van der Waals surface area contributed by atoms with E-state index in [1.807, 2.05) is 0 Å². The standard InChI is InChI=1S/C15H24N2/c1-13(10-16)15-8-5-9-17(12-15)11-14-6-3-2-4-7-14/h2-4,6-7,13,15H,5,8-12,16H2,1H3. The molecule has 0 bridgehead atoms. The monoisotopic (exact) mass is 232 g/mol. The highest BCUT2D eigenvalue weighted by molar-refractivity contribution is 5.14. The molecule has 0 amide bonds. The van der Waals surface area contributed by atoms with Crippen LogP contribution in [0.15, 0.2) is 30.3 Å². The number of benzene rings is 1. The average molecular weight is 232 g/mol. The Labute approximate surface area is 105 Å². The lowest BCUT2D eigenvalue weighted by atomic mass is 9.86. The summed E-state index contributed by atoms with van der Waals surface area (Å²) in [5, 5.41) is 0. The summed E-state index contributed by atoms with van der Waals surface area (Å²) in [5.41, 5.74) is 7.21. The first kappa shape index (κ1) is 12.6. The lowest BCUT2D eigenvalue weighted by Gasteiger charge is -2.35. The van der Waals surface area contributed by atoms with Crippen LogP contribution in [0.1, 0.15) is 25.3 Å². The van der Waals surface area contributed by atoms with Crippen LogP contribution in [-0.2, 0) is 6.54 Å². The summed E-state index contributed by atoms with van der Waals surface area (Å²) in [4.78, 5) is 2.58. The van der Waals surface area contributed by atoms with Crippen LogP contribution >= 0.6 is 0 Å². The van der Waals surface area contributed by atoms with Gasteiger partial charge in [0.2, 0.25) is 0 Å². The number of piperidine rings is 1. The van der Waals surface area contributed by atoms with Crippen LogP contribution in [0.5, 0.6) is 0 Å². The van der Waals surface area contributed by atoms with Crippen LogP contribution in [0.4, 0.5) is 0 Å². The summed E-state index contributed by atoms with van der Waals surface area (Å²) in [7, 11) is 0. The number of nitrogens with two attached hydrogens (primary N) is 1. The van der Waals surface area contributed by atoms with Crippen LogP contribution in [0.2, 0.25) is 0 Å². The van der Waals surface area contributed by atoms with Crippen LogP contribution in [-0.4, -0.2) is 24.5 Å². The van der Waals surface area contributed by atoms with Crippen molar-refractivity contribution >= 4 is 0 Å². The van der Waals surface area contributed by atoms with Gasteiger partial charge in [0, 0.05) is 13.1 Å². The van der Waals surface area contributed by atoms with Crippen molar-refractivity contribution in [2.75, 3.05) is 19.6 Å². The van der Waals surface area contributed by atoms with Gasteiger partial charge in [-0.05, 0) is 43.3 Å². The largest absolute Gasteiger partial charge is 0.330 e. The molecule has 0 saturated carbocycles. The molecule has 2 nitrogen and oxygen atoms in total. The smallest absolute Gasteiger partial charge is 0.0233 e. The molecule has 2 rings (SSSR count). The molecule has 1 aliphatic heterocycles.